The van der Waals surface area contributed by atoms with E-state index in [1.54, 1.807) is 18.2 Å². The third-order valence-corrected chi connectivity index (χ3v) is 3.61. The first kappa shape index (κ1) is 22.1. The molecule has 0 saturated carbocycles. The number of esters is 1. The van der Waals surface area contributed by atoms with Gasteiger partial charge >= 0.3 is 12.1 Å². The quantitative estimate of drug-likeness (QED) is 0.530. The van der Waals surface area contributed by atoms with Crippen LogP contribution in [-0.4, -0.2) is 37.0 Å². The van der Waals surface area contributed by atoms with Crippen LogP contribution >= 0.6 is 0 Å². The number of anilines is 1. The molecule has 0 fully saturated rings. The number of nitrogens with one attached hydrogen (secondary N) is 1. The van der Waals surface area contributed by atoms with E-state index in [-0.39, 0.29) is 18.0 Å². The minimum absolute atomic E-state index is 0.135. The lowest BCUT2D eigenvalue weighted by Gasteiger charge is -2.09. The lowest BCUT2D eigenvalue weighted by Crippen LogP contribution is -2.21. The van der Waals surface area contributed by atoms with E-state index >= 15 is 0 Å². The number of carbonyl (C=O) groups excluding carboxylic acids is 3. The van der Waals surface area contributed by atoms with Gasteiger partial charge in [0.1, 0.15) is 6.61 Å². The Kier molecular flexibility index (Phi) is 7.49. The fourth-order valence-corrected chi connectivity index (χ4v) is 2.25. The van der Waals surface area contributed by atoms with Gasteiger partial charge in [0.15, 0.2) is 12.4 Å². The Labute approximate surface area is 164 Å². The summed E-state index contributed by atoms with van der Waals surface area (Å²) in [4.78, 5) is 35.2. The first-order valence-corrected chi connectivity index (χ1v) is 8.45. The molecule has 0 aliphatic rings. The van der Waals surface area contributed by atoms with Crippen molar-refractivity contribution in [1.82, 2.24) is 0 Å². The van der Waals surface area contributed by atoms with Crippen molar-refractivity contribution in [3.8, 4) is 0 Å². The first-order valence-electron chi connectivity index (χ1n) is 8.45. The van der Waals surface area contributed by atoms with Crippen LogP contribution in [-0.2, 0) is 20.9 Å². The van der Waals surface area contributed by atoms with Gasteiger partial charge in [0.05, 0.1) is 12.2 Å². The molecule has 0 unspecified atom stereocenters. The molecule has 0 heterocycles. The molecule has 1 amide bonds. The lowest BCUT2D eigenvalue weighted by atomic mass is 10.1. The number of amides is 1. The van der Waals surface area contributed by atoms with Crippen molar-refractivity contribution in [2.24, 2.45) is 0 Å². The van der Waals surface area contributed by atoms with Gasteiger partial charge in [-0.3, -0.25) is 9.59 Å². The van der Waals surface area contributed by atoms with Gasteiger partial charge in [0.25, 0.3) is 5.91 Å². The van der Waals surface area contributed by atoms with Crippen LogP contribution < -0.4 is 5.32 Å². The van der Waals surface area contributed by atoms with Crippen LogP contribution in [0.15, 0.2) is 48.5 Å². The van der Waals surface area contributed by atoms with E-state index in [0.717, 1.165) is 0 Å². The van der Waals surface area contributed by atoms with Gasteiger partial charge in [-0.1, -0.05) is 24.3 Å². The number of carbonyl (C=O) groups is 3. The zero-order valence-corrected chi connectivity index (χ0v) is 15.4. The molecular formula is C20H18F3NO5. The molecule has 0 saturated heterocycles. The summed E-state index contributed by atoms with van der Waals surface area (Å²) >= 11 is 0. The molecule has 0 aromatic heterocycles. The summed E-state index contributed by atoms with van der Waals surface area (Å²) in [6.07, 6.45) is -4.41. The fourth-order valence-electron chi connectivity index (χ4n) is 2.25. The third kappa shape index (κ3) is 7.74. The van der Waals surface area contributed by atoms with E-state index in [9.17, 15) is 27.6 Å². The van der Waals surface area contributed by atoms with Crippen molar-refractivity contribution >= 4 is 23.3 Å². The summed E-state index contributed by atoms with van der Waals surface area (Å²) < 4.78 is 45.5. The smallest absolute Gasteiger partial charge is 0.411 e. The Bertz CT molecular complexity index is 878. The predicted molar refractivity (Wildman–Crippen MR) is 97.5 cm³/mol. The Hall–Kier alpha value is -3.20. The van der Waals surface area contributed by atoms with Gasteiger partial charge in [-0.15, -0.1) is 0 Å². The van der Waals surface area contributed by atoms with Gasteiger partial charge in [-0.2, -0.15) is 13.2 Å². The van der Waals surface area contributed by atoms with Crippen LogP contribution in [0.3, 0.4) is 0 Å². The van der Waals surface area contributed by atoms with E-state index in [4.69, 9.17) is 4.74 Å². The second-order valence-electron chi connectivity index (χ2n) is 6.07. The van der Waals surface area contributed by atoms with E-state index in [2.05, 4.69) is 10.1 Å². The summed E-state index contributed by atoms with van der Waals surface area (Å²) in [5.74, 6) is -1.50. The van der Waals surface area contributed by atoms with Crippen LogP contribution in [0.25, 0.3) is 0 Å². The van der Waals surface area contributed by atoms with Crippen LogP contribution in [0, 0.1) is 0 Å². The first-order chi connectivity index (χ1) is 13.6. The molecule has 6 nitrogen and oxygen atoms in total. The molecule has 0 aliphatic carbocycles. The van der Waals surface area contributed by atoms with Gasteiger partial charge < -0.3 is 14.8 Å². The van der Waals surface area contributed by atoms with Gasteiger partial charge in [0, 0.05) is 11.3 Å². The molecular weight excluding hydrogens is 391 g/mol. The minimum atomic E-state index is -4.41. The molecule has 1 N–H and O–H groups in total. The van der Waals surface area contributed by atoms with Crippen molar-refractivity contribution in [3.05, 3.63) is 65.2 Å². The highest BCUT2D eigenvalue weighted by molar-refractivity contribution is 5.98. The SMILES string of the molecule is CC(=O)c1cccc(NC(=O)COC(=O)c2ccc(COCC(F)(F)F)cc2)c1. The number of alkyl halides is 3. The largest absolute Gasteiger partial charge is 0.452 e. The zero-order valence-electron chi connectivity index (χ0n) is 15.4. The lowest BCUT2D eigenvalue weighted by molar-refractivity contribution is -0.176. The number of hydrogen-bond donors (Lipinski definition) is 1. The zero-order chi connectivity index (χ0) is 21.4. The number of hydrogen-bond acceptors (Lipinski definition) is 5. The molecule has 0 atom stereocenters. The Morgan fingerprint density at radius 1 is 1.00 bits per heavy atom. The van der Waals surface area contributed by atoms with Crippen LogP contribution in [0.4, 0.5) is 18.9 Å². The standard InChI is InChI=1S/C20H18F3NO5/c1-13(25)16-3-2-4-17(9-16)24-18(26)11-29-19(27)15-7-5-14(6-8-15)10-28-12-20(21,22)23/h2-9H,10-12H2,1H3,(H,24,26). The Morgan fingerprint density at radius 3 is 2.31 bits per heavy atom. The predicted octanol–water partition coefficient (Wildman–Crippen LogP) is 3.76. The highest BCUT2D eigenvalue weighted by Crippen LogP contribution is 2.16. The summed E-state index contributed by atoms with van der Waals surface area (Å²) in [7, 11) is 0. The normalized spacial score (nSPS) is 11.0. The van der Waals surface area contributed by atoms with Gasteiger partial charge in [-0.25, -0.2) is 4.79 Å². The summed E-state index contributed by atoms with van der Waals surface area (Å²) in [5.41, 5.74) is 1.41. The highest BCUT2D eigenvalue weighted by atomic mass is 19.4. The maximum absolute atomic E-state index is 12.0. The highest BCUT2D eigenvalue weighted by Gasteiger charge is 2.27. The van der Waals surface area contributed by atoms with Crippen molar-refractivity contribution in [2.75, 3.05) is 18.5 Å². The van der Waals surface area contributed by atoms with E-state index in [1.807, 2.05) is 0 Å². The summed E-state index contributed by atoms with van der Waals surface area (Å²) in [6.45, 7) is -0.756. The van der Waals surface area contributed by atoms with E-state index < -0.39 is 31.3 Å². The van der Waals surface area contributed by atoms with E-state index in [1.165, 1.54) is 37.3 Å². The molecule has 29 heavy (non-hydrogen) atoms. The second kappa shape index (κ2) is 9.83. The molecule has 2 aromatic rings. The van der Waals surface area contributed by atoms with Crippen LogP contribution in [0.1, 0.15) is 33.2 Å². The molecule has 154 valence electrons. The molecule has 2 rings (SSSR count). The number of ether oxygens (including phenoxy) is 2. The maximum Gasteiger partial charge on any atom is 0.411 e. The number of benzene rings is 2. The number of ketones is 1. The number of rotatable bonds is 8. The Morgan fingerprint density at radius 2 is 1.69 bits per heavy atom. The molecule has 0 bridgehead atoms. The third-order valence-electron chi connectivity index (χ3n) is 3.61. The van der Waals surface area contributed by atoms with Gasteiger partial charge in [0.2, 0.25) is 0 Å². The van der Waals surface area contributed by atoms with E-state index in [0.29, 0.717) is 16.8 Å². The fraction of sp³-hybridized carbons (Fsp3) is 0.250. The molecule has 2 aromatic carbocycles. The van der Waals surface area contributed by atoms with Gasteiger partial charge in [-0.05, 0) is 36.8 Å². The van der Waals surface area contributed by atoms with Crippen LogP contribution in [0.2, 0.25) is 0 Å². The van der Waals surface area contributed by atoms with Crippen molar-refractivity contribution in [1.29, 1.82) is 0 Å². The van der Waals surface area contributed by atoms with Crippen molar-refractivity contribution in [3.63, 3.8) is 0 Å². The van der Waals surface area contributed by atoms with Crippen molar-refractivity contribution in [2.45, 2.75) is 19.7 Å². The molecule has 9 heteroatoms. The summed E-state index contributed by atoms with van der Waals surface area (Å²) in [6, 6.07) is 11.9. The molecule has 0 aliphatic heterocycles. The average molecular weight is 409 g/mol. The monoisotopic (exact) mass is 409 g/mol. The maximum atomic E-state index is 12.0. The Balaban J connectivity index is 1.81. The number of Topliss-reactive ketones (excluding diaryl/α,β-unsaturated/α-hetero) is 1. The second-order valence-corrected chi connectivity index (χ2v) is 6.07. The molecule has 0 spiro atoms. The topological polar surface area (TPSA) is 81.7 Å². The van der Waals surface area contributed by atoms with Crippen molar-refractivity contribution < 1.29 is 37.0 Å². The minimum Gasteiger partial charge on any atom is -0.452 e. The summed E-state index contributed by atoms with van der Waals surface area (Å²) in [5, 5.41) is 2.51. The molecule has 0 radical (unpaired) electrons. The number of halogens is 3. The van der Waals surface area contributed by atoms with Crippen LogP contribution in [0.5, 0.6) is 0 Å². The average Bonchev–Trinajstić information content (AvgIpc) is 2.66.